The summed E-state index contributed by atoms with van der Waals surface area (Å²) < 4.78 is 10.5. The Labute approximate surface area is 136 Å². The zero-order valence-electron chi connectivity index (χ0n) is 13.7. The molecule has 2 aromatic rings. The minimum absolute atomic E-state index is 0.162. The van der Waals surface area contributed by atoms with Crippen molar-refractivity contribution in [2.24, 2.45) is 0 Å². The van der Waals surface area contributed by atoms with Gasteiger partial charge in [-0.1, -0.05) is 12.1 Å². The molecule has 2 aromatic carbocycles. The second kappa shape index (κ2) is 8.08. The molecule has 0 spiro atoms. The molecule has 0 aromatic heterocycles. The molecule has 0 aliphatic heterocycles. The smallest absolute Gasteiger partial charge is 0.321 e. The van der Waals surface area contributed by atoms with Gasteiger partial charge in [-0.2, -0.15) is 0 Å². The van der Waals surface area contributed by atoms with Crippen LogP contribution in [0.1, 0.15) is 12.5 Å². The molecule has 0 saturated carbocycles. The summed E-state index contributed by atoms with van der Waals surface area (Å²) in [6, 6.07) is 14.8. The third-order valence-corrected chi connectivity index (χ3v) is 3.34. The lowest BCUT2D eigenvalue weighted by Crippen LogP contribution is -2.30. The first kappa shape index (κ1) is 16.7. The molecule has 0 fully saturated rings. The minimum Gasteiger partial charge on any atom is -0.497 e. The van der Waals surface area contributed by atoms with Crippen molar-refractivity contribution in [3.05, 3.63) is 54.1 Å². The number of urea groups is 1. The number of ether oxygens (including phenoxy) is 2. The van der Waals surface area contributed by atoms with Gasteiger partial charge in [-0.3, -0.25) is 0 Å². The summed E-state index contributed by atoms with van der Waals surface area (Å²) in [4.78, 5) is 13.8. The van der Waals surface area contributed by atoms with E-state index in [0.717, 1.165) is 22.7 Å². The zero-order chi connectivity index (χ0) is 16.7. The van der Waals surface area contributed by atoms with Gasteiger partial charge in [0, 0.05) is 19.3 Å². The van der Waals surface area contributed by atoms with Crippen molar-refractivity contribution in [3.63, 3.8) is 0 Å². The fourth-order valence-electron chi connectivity index (χ4n) is 2.10. The second-order valence-corrected chi connectivity index (χ2v) is 5.09. The molecule has 1 N–H and O–H groups in total. The maximum atomic E-state index is 12.2. The summed E-state index contributed by atoms with van der Waals surface area (Å²) in [7, 11) is 3.39. The van der Waals surface area contributed by atoms with Gasteiger partial charge in [0.25, 0.3) is 0 Å². The number of anilines is 1. The molecule has 0 heterocycles. The highest BCUT2D eigenvalue weighted by molar-refractivity contribution is 5.89. The SMILES string of the molecule is CCOc1ccc(NC(=O)N(C)Cc2ccc(OC)cc2)cc1. The number of carbonyl (C=O) groups excluding carboxylic acids is 1. The molecule has 122 valence electrons. The Morgan fingerprint density at radius 2 is 1.65 bits per heavy atom. The highest BCUT2D eigenvalue weighted by Crippen LogP contribution is 2.17. The van der Waals surface area contributed by atoms with Crippen LogP contribution in [0, 0.1) is 0 Å². The standard InChI is InChI=1S/C18H22N2O3/c1-4-23-17-11-7-15(8-12-17)19-18(21)20(2)13-14-5-9-16(22-3)10-6-14/h5-12H,4,13H2,1-3H3,(H,19,21). The molecule has 0 aliphatic carbocycles. The Kier molecular flexibility index (Phi) is 5.86. The van der Waals surface area contributed by atoms with Gasteiger partial charge >= 0.3 is 6.03 Å². The van der Waals surface area contributed by atoms with Crippen LogP contribution in [0.4, 0.5) is 10.5 Å². The van der Waals surface area contributed by atoms with Crippen LogP contribution in [0.2, 0.25) is 0 Å². The molecule has 5 heteroatoms. The lowest BCUT2D eigenvalue weighted by atomic mass is 10.2. The first-order chi connectivity index (χ1) is 11.1. The van der Waals surface area contributed by atoms with Crippen molar-refractivity contribution in [1.82, 2.24) is 4.90 Å². The number of hydrogen-bond acceptors (Lipinski definition) is 3. The number of rotatable bonds is 6. The molecule has 0 unspecified atom stereocenters. The molecular weight excluding hydrogens is 292 g/mol. The van der Waals surface area contributed by atoms with Crippen LogP contribution in [0.3, 0.4) is 0 Å². The predicted octanol–water partition coefficient (Wildman–Crippen LogP) is 3.76. The Hall–Kier alpha value is -2.69. The fourth-order valence-corrected chi connectivity index (χ4v) is 2.10. The van der Waals surface area contributed by atoms with Gasteiger partial charge in [0.2, 0.25) is 0 Å². The van der Waals surface area contributed by atoms with Crippen molar-refractivity contribution >= 4 is 11.7 Å². The molecule has 0 radical (unpaired) electrons. The Morgan fingerprint density at radius 3 is 2.22 bits per heavy atom. The zero-order valence-corrected chi connectivity index (χ0v) is 13.7. The quantitative estimate of drug-likeness (QED) is 0.883. The number of nitrogens with one attached hydrogen (secondary N) is 1. The van der Waals surface area contributed by atoms with Gasteiger partial charge in [-0.25, -0.2) is 4.79 Å². The number of carbonyl (C=O) groups is 1. The van der Waals surface area contributed by atoms with E-state index in [9.17, 15) is 4.79 Å². The molecule has 0 aliphatic rings. The lowest BCUT2D eigenvalue weighted by Gasteiger charge is -2.18. The molecule has 0 bridgehead atoms. The fraction of sp³-hybridized carbons (Fsp3) is 0.278. The van der Waals surface area contributed by atoms with E-state index in [2.05, 4.69) is 5.32 Å². The number of benzene rings is 2. The molecule has 0 saturated heterocycles. The van der Waals surface area contributed by atoms with E-state index in [1.54, 1.807) is 19.1 Å². The summed E-state index contributed by atoms with van der Waals surface area (Å²) in [6.45, 7) is 3.08. The van der Waals surface area contributed by atoms with Gasteiger partial charge in [0.15, 0.2) is 0 Å². The Morgan fingerprint density at radius 1 is 1.04 bits per heavy atom. The maximum absolute atomic E-state index is 12.2. The largest absolute Gasteiger partial charge is 0.497 e. The summed E-state index contributed by atoms with van der Waals surface area (Å²) in [5.41, 5.74) is 1.77. The molecular formula is C18H22N2O3. The van der Waals surface area contributed by atoms with Crippen LogP contribution >= 0.6 is 0 Å². The number of nitrogens with zero attached hydrogens (tertiary/aromatic N) is 1. The van der Waals surface area contributed by atoms with Gasteiger partial charge in [0.05, 0.1) is 13.7 Å². The van der Waals surface area contributed by atoms with Crippen molar-refractivity contribution in [1.29, 1.82) is 0 Å². The van der Waals surface area contributed by atoms with Crippen LogP contribution in [0.5, 0.6) is 11.5 Å². The van der Waals surface area contributed by atoms with Gasteiger partial charge < -0.3 is 19.7 Å². The molecule has 23 heavy (non-hydrogen) atoms. The van der Waals surface area contributed by atoms with Crippen LogP contribution in [-0.4, -0.2) is 31.7 Å². The molecule has 2 amide bonds. The van der Waals surface area contributed by atoms with E-state index in [1.807, 2.05) is 55.5 Å². The third kappa shape index (κ3) is 4.92. The average molecular weight is 314 g/mol. The minimum atomic E-state index is -0.162. The van der Waals surface area contributed by atoms with E-state index in [4.69, 9.17) is 9.47 Å². The van der Waals surface area contributed by atoms with Crippen LogP contribution < -0.4 is 14.8 Å². The first-order valence-electron chi connectivity index (χ1n) is 7.50. The maximum Gasteiger partial charge on any atom is 0.321 e. The van der Waals surface area contributed by atoms with E-state index >= 15 is 0 Å². The normalized spacial score (nSPS) is 10.0. The van der Waals surface area contributed by atoms with Crippen LogP contribution in [0.15, 0.2) is 48.5 Å². The van der Waals surface area contributed by atoms with Crippen molar-refractivity contribution in [3.8, 4) is 11.5 Å². The van der Waals surface area contributed by atoms with Crippen LogP contribution in [-0.2, 0) is 6.54 Å². The third-order valence-electron chi connectivity index (χ3n) is 3.34. The molecule has 2 rings (SSSR count). The highest BCUT2D eigenvalue weighted by Gasteiger charge is 2.09. The first-order valence-corrected chi connectivity index (χ1v) is 7.50. The van der Waals surface area contributed by atoms with Crippen molar-refractivity contribution < 1.29 is 14.3 Å². The lowest BCUT2D eigenvalue weighted by molar-refractivity contribution is 0.220. The Balaban J connectivity index is 1.90. The van der Waals surface area contributed by atoms with E-state index in [0.29, 0.717) is 13.2 Å². The monoisotopic (exact) mass is 314 g/mol. The summed E-state index contributed by atoms with van der Waals surface area (Å²) >= 11 is 0. The van der Waals surface area contributed by atoms with E-state index in [1.165, 1.54) is 0 Å². The topological polar surface area (TPSA) is 50.8 Å². The number of amides is 2. The summed E-state index contributed by atoms with van der Waals surface area (Å²) in [5, 5.41) is 2.86. The van der Waals surface area contributed by atoms with Crippen LogP contribution in [0.25, 0.3) is 0 Å². The molecule has 0 atom stereocenters. The van der Waals surface area contributed by atoms with E-state index < -0.39 is 0 Å². The van der Waals surface area contributed by atoms with Gasteiger partial charge in [0.1, 0.15) is 11.5 Å². The van der Waals surface area contributed by atoms with Gasteiger partial charge in [-0.05, 0) is 48.9 Å². The number of hydrogen-bond donors (Lipinski definition) is 1. The highest BCUT2D eigenvalue weighted by atomic mass is 16.5. The summed E-state index contributed by atoms with van der Waals surface area (Å²) in [6.07, 6.45) is 0. The summed E-state index contributed by atoms with van der Waals surface area (Å²) in [5.74, 6) is 1.59. The Bertz CT molecular complexity index is 624. The average Bonchev–Trinajstić information content (AvgIpc) is 2.57. The van der Waals surface area contributed by atoms with Crippen molar-refractivity contribution in [2.45, 2.75) is 13.5 Å². The van der Waals surface area contributed by atoms with Gasteiger partial charge in [-0.15, -0.1) is 0 Å². The second-order valence-electron chi connectivity index (χ2n) is 5.09. The molecule has 5 nitrogen and oxygen atoms in total. The van der Waals surface area contributed by atoms with Crippen molar-refractivity contribution in [2.75, 3.05) is 26.1 Å². The number of methoxy groups -OCH3 is 1. The van der Waals surface area contributed by atoms with E-state index in [-0.39, 0.29) is 6.03 Å². The predicted molar refractivity (Wildman–Crippen MR) is 91.1 cm³/mol.